The van der Waals surface area contributed by atoms with Gasteiger partial charge < -0.3 is 10.0 Å². The van der Waals surface area contributed by atoms with Crippen molar-refractivity contribution in [2.24, 2.45) is 0 Å². The number of carbonyl (C=O) groups is 1. The van der Waals surface area contributed by atoms with Crippen LogP contribution in [0.3, 0.4) is 0 Å². The van der Waals surface area contributed by atoms with E-state index >= 15 is 0 Å². The molecule has 1 aromatic heterocycles. The van der Waals surface area contributed by atoms with Crippen molar-refractivity contribution in [3.05, 3.63) is 40.5 Å². The van der Waals surface area contributed by atoms with Gasteiger partial charge in [0.15, 0.2) is 0 Å². The van der Waals surface area contributed by atoms with E-state index in [1.165, 1.54) is 19.1 Å². The van der Waals surface area contributed by atoms with Gasteiger partial charge in [-0.3, -0.25) is 4.72 Å². The zero-order chi connectivity index (χ0) is 18.2. The Morgan fingerprint density at radius 3 is 2.52 bits per heavy atom. The minimum atomic E-state index is -3.97. The SMILES string of the molecule is Cc1cc(S(=O)(=O)Nc2ccc(N3CCCC3)c(F)c2)sc1C(=O)O. The lowest BCUT2D eigenvalue weighted by molar-refractivity contribution is 0.0701. The number of nitrogens with one attached hydrogen (secondary N) is 1. The van der Waals surface area contributed by atoms with Crippen LogP contribution in [0.5, 0.6) is 0 Å². The van der Waals surface area contributed by atoms with E-state index < -0.39 is 21.8 Å². The fraction of sp³-hybridized carbons (Fsp3) is 0.312. The van der Waals surface area contributed by atoms with Crippen LogP contribution in [0, 0.1) is 12.7 Å². The molecule has 1 saturated heterocycles. The first-order valence-electron chi connectivity index (χ1n) is 7.69. The number of benzene rings is 1. The van der Waals surface area contributed by atoms with Gasteiger partial charge in [-0.1, -0.05) is 0 Å². The minimum absolute atomic E-state index is 0.0315. The normalized spacial score (nSPS) is 14.7. The highest BCUT2D eigenvalue weighted by molar-refractivity contribution is 7.94. The van der Waals surface area contributed by atoms with Gasteiger partial charge in [-0.25, -0.2) is 17.6 Å². The molecule has 2 aromatic rings. The molecular weight excluding hydrogens is 367 g/mol. The Morgan fingerprint density at radius 2 is 1.96 bits per heavy atom. The van der Waals surface area contributed by atoms with Gasteiger partial charge in [0.1, 0.15) is 14.9 Å². The smallest absolute Gasteiger partial charge is 0.346 e. The second-order valence-corrected chi connectivity index (χ2v) is 8.81. The maximum Gasteiger partial charge on any atom is 0.346 e. The Balaban J connectivity index is 1.84. The summed E-state index contributed by atoms with van der Waals surface area (Å²) in [6.07, 6.45) is 2.02. The van der Waals surface area contributed by atoms with Gasteiger partial charge >= 0.3 is 5.97 Å². The number of carboxylic acids is 1. The number of carboxylic acid groups (broad SMARTS) is 1. The van der Waals surface area contributed by atoms with Crippen LogP contribution in [0.25, 0.3) is 0 Å². The average molecular weight is 384 g/mol. The Morgan fingerprint density at radius 1 is 1.28 bits per heavy atom. The fourth-order valence-corrected chi connectivity index (χ4v) is 5.22. The van der Waals surface area contributed by atoms with E-state index in [4.69, 9.17) is 5.11 Å². The van der Waals surface area contributed by atoms with E-state index in [2.05, 4.69) is 4.72 Å². The number of thiophene rings is 1. The fourth-order valence-electron chi connectivity index (χ4n) is 2.79. The lowest BCUT2D eigenvalue weighted by Crippen LogP contribution is -2.19. The highest BCUT2D eigenvalue weighted by Crippen LogP contribution is 2.30. The highest BCUT2D eigenvalue weighted by Gasteiger charge is 2.23. The van der Waals surface area contributed by atoms with Crippen molar-refractivity contribution in [3.8, 4) is 0 Å². The van der Waals surface area contributed by atoms with Crippen molar-refractivity contribution >= 4 is 38.7 Å². The van der Waals surface area contributed by atoms with Gasteiger partial charge in [0.05, 0.1) is 11.4 Å². The Kier molecular flexibility index (Phi) is 4.70. The molecule has 1 aromatic carbocycles. The number of hydrogen-bond acceptors (Lipinski definition) is 5. The molecule has 9 heteroatoms. The summed E-state index contributed by atoms with van der Waals surface area (Å²) in [6, 6.07) is 5.50. The molecule has 1 fully saturated rings. The number of hydrogen-bond donors (Lipinski definition) is 2. The predicted molar refractivity (Wildman–Crippen MR) is 94.7 cm³/mol. The zero-order valence-corrected chi connectivity index (χ0v) is 15.1. The third-order valence-electron chi connectivity index (χ3n) is 4.00. The molecule has 3 rings (SSSR count). The number of nitrogens with zero attached hydrogens (tertiary/aromatic N) is 1. The predicted octanol–water partition coefficient (Wildman–Crippen LogP) is 3.29. The van der Waals surface area contributed by atoms with Crippen LogP contribution in [0.15, 0.2) is 28.5 Å². The average Bonchev–Trinajstić information content (AvgIpc) is 3.16. The van der Waals surface area contributed by atoms with Crippen LogP contribution in [0.4, 0.5) is 15.8 Å². The molecular formula is C16H17FN2O4S2. The van der Waals surface area contributed by atoms with Gasteiger partial charge in [0.2, 0.25) is 0 Å². The monoisotopic (exact) mass is 384 g/mol. The molecule has 0 amide bonds. The highest BCUT2D eigenvalue weighted by atomic mass is 32.2. The van der Waals surface area contributed by atoms with Crippen LogP contribution in [-0.4, -0.2) is 32.6 Å². The zero-order valence-electron chi connectivity index (χ0n) is 13.5. The van der Waals surface area contributed by atoms with E-state index in [0.717, 1.165) is 32.0 Å². The summed E-state index contributed by atoms with van der Waals surface area (Å²) in [4.78, 5) is 13.0. The first-order valence-corrected chi connectivity index (χ1v) is 9.99. The van der Waals surface area contributed by atoms with Gasteiger partial charge in [-0.2, -0.15) is 0 Å². The number of anilines is 2. The molecule has 0 bridgehead atoms. The second kappa shape index (κ2) is 6.64. The Bertz CT molecular complexity index is 918. The van der Waals surface area contributed by atoms with Crippen molar-refractivity contribution in [1.82, 2.24) is 0 Å². The van der Waals surface area contributed by atoms with E-state index in [0.29, 0.717) is 22.6 Å². The van der Waals surface area contributed by atoms with Gasteiger partial charge in [0, 0.05) is 19.2 Å². The summed E-state index contributed by atoms with van der Waals surface area (Å²) in [7, 11) is -3.97. The third-order valence-corrected chi connectivity index (χ3v) is 7.08. The van der Waals surface area contributed by atoms with E-state index in [9.17, 15) is 17.6 Å². The van der Waals surface area contributed by atoms with Crippen molar-refractivity contribution in [1.29, 1.82) is 0 Å². The molecule has 1 aliphatic rings. The summed E-state index contributed by atoms with van der Waals surface area (Å²) in [5.74, 6) is -1.67. The van der Waals surface area contributed by atoms with E-state index in [1.807, 2.05) is 4.90 Å². The second-order valence-electron chi connectivity index (χ2n) is 5.85. The van der Waals surface area contributed by atoms with Crippen molar-refractivity contribution in [3.63, 3.8) is 0 Å². The molecule has 2 heterocycles. The lowest BCUT2D eigenvalue weighted by atomic mass is 10.2. The molecule has 0 aliphatic carbocycles. The van der Waals surface area contributed by atoms with E-state index in [-0.39, 0.29) is 14.8 Å². The minimum Gasteiger partial charge on any atom is -0.477 e. The molecule has 0 spiro atoms. The van der Waals surface area contributed by atoms with Crippen LogP contribution >= 0.6 is 11.3 Å². The largest absolute Gasteiger partial charge is 0.477 e. The van der Waals surface area contributed by atoms with Gasteiger partial charge in [-0.15, -0.1) is 11.3 Å². The number of halogens is 1. The molecule has 0 saturated carbocycles. The third kappa shape index (κ3) is 3.62. The van der Waals surface area contributed by atoms with Crippen molar-refractivity contribution < 1.29 is 22.7 Å². The van der Waals surface area contributed by atoms with Crippen LogP contribution < -0.4 is 9.62 Å². The molecule has 0 atom stereocenters. The number of sulfonamides is 1. The maximum atomic E-state index is 14.3. The van der Waals surface area contributed by atoms with Crippen LogP contribution in [0.1, 0.15) is 28.1 Å². The number of rotatable bonds is 5. The Labute approximate surface area is 149 Å². The van der Waals surface area contributed by atoms with Crippen molar-refractivity contribution in [2.75, 3.05) is 22.7 Å². The lowest BCUT2D eigenvalue weighted by Gasteiger charge is -2.19. The standard InChI is InChI=1S/C16H17FN2O4S2/c1-10-8-14(24-15(10)16(20)21)25(22,23)18-11-4-5-13(12(17)9-11)19-6-2-3-7-19/h4-5,8-9,18H,2-3,6-7H2,1H3,(H,20,21). The summed E-state index contributed by atoms with van der Waals surface area (Å²) < 4.78 is 41.3. The first kappa shape index (κ1) is 17.7. The molecule has 25 heavy (non-hydrogen) atoms. The molecule has 0 unspecified atom stereocenters. The first-order chi connectivity index (χ1) is 11.8. The molecule has 2 N–H and O–H groups in total. The summed E-state index contributed by atoms with van der Waals surface area (Å²) in [5.41, 5.74) is 0.928. The van der Waals surface area contributed by atoms with E-state index in [1.54, 1.807) is 6.07 Å². The summed E-state index contributed by atoms with van der Waals surface area (Å²) >= 11 is 0.670. The van der Waals surface area contributed by atoms with Crippen molar-refractivity contribution in [2.45, 2.75) is 24.0 Å². The summed E-state index contributed by atoms with van der Waals surface area (Å²) in [6.45, 7) is 3.10. The molecule has 6 nitrogen and oxygen atoms in total. The molecule has 134 valence electrons. The van der Waals surface area contributed by atoms with Crippen LogP contribution in [0.2, 0.25) is 0 Å². The molecule has 0 radical (unpaired) electrons. The van der Waals surface area contributed by atoms with Crippen LogP contribution in [-0.2, 0) is 10.0 Å². The van der Waals surface area contributed by atoms with Gasteiger partial charge in [0.25, 0.3) is 10.0 Å². The maximum absolute atomic E-state index is 14.3. The topological polar surface area (TPSA) is 86.7 Å². The summed E-state index contributed by atoms with van der Waals surface area (Å²) in [5, 5.41) is 9.05. The quantitative estimate of drug-likeness (QED) is 0.826. The number of aryl methyl sites for hydroxylation is 1. The number of aromatic carboxylic acids is 1. The Hall–Kier alpha value is -2.13. The van der Waals surface area contributed by atoms with Gasteiger partial charge in [-0.05, 0) is 43.5 Å². The molecule has 1 aliphatic heterocycles.